The van der Waals surface area contributed by atoms with E-state index in [-0.39, 0.29) is 0 Å². The molecule has 0 aromatic rings. The van der Waals surface area contributed by atoms with Crippen molar-refractivity contribution in [1.29, 1.82) is 0 Å². The van der Waals surface area contributed by atoms with Crippen molar-refractivity contribution in [3.8, 4) is 0 Å². The first-order valence-electron chi connectivity index (χ1n) is 6.11. The van der Waals surface area contributed by atoms with Crippen molar-refractivity contribution in [3.05, 3.63) is 0 Å². The van der Waals surface area contributed by atoms with Crippen LogP contribution in [0, 0.1) is 0 Å². The van der Waals surface area contributed by atoms with Gasteiger partial charge in [0, 0.05) is 45.1 Å². The number of aliphatic hydroxyl groups is 3. The molecule has 0 aromatic heterocycles. The zero-order valence-corrected chi connectivity index (χ0v) is 9.70. The highest BCUT2D eigenvalue weighted by Gasteiger charge is 2.68. The second-order valence-corrected chi connectivity index (χ2v) is 6.35. The summed E-state index contributed by atoms with van der Waals surface area (Å²) in [5.74, 6) is 0. The van der Waals surface area contributed by atoms with Gasteiger partial charge in [0.15, 0.2) is 0 Å². The summed E-state index contributed by atoms with van der Waals surface area (Å²) < 4.78 is 5.76. The Kier molecular flexibility index (Phi) is 1.92. The average Bonchev–Trinajstić information content (AvgIpc) is 1.91. The molecule has 4 saturated carbocycles. The summed E-state index contributed by atoms with van der Waals surface area (Å²) >= 11 is 0. The van der Waals surface area contributed by atoms with Crippen LogP contribution in [0.4, 0.5) is 0 Å². The SMILES string of the molecule is CCOC12CC3(O)CC(O)(CC(O)(C3)C1)C2. The molecule has 16 heavy (non-hydrogen) atoms. The van der Waals surface area contributed by atoms with Crippen LogP contribution in [-0.2, 0) is 4.74 Å². The molecule has 4 nitrogen and oxygen atoms in total. The van der Waals surface area contributed by atoms with Gasteiger partial charge in [0.25, 0.3) is 0 Å². The molecule has 0 aromatic carbocycles. The van der Waals surface area contributed by atoms with Gasteiger partial charge in [-0.15, -0.1) is 0 Å². The second kappa shape index (κ2) is 2.80. The lowest BCUT2D eigenvalue weighted by Crippen LogP contribution is -2.72. The molecule has 0 spiro atoms. The standard InChI is InChI=1S/C12H20O4/c1-2-16-12-6-9(13)3-10(14,7-12)5-11(15,4-9)8-12/h13-15H,2-8H2,1H3. The lowest BCUT2D eigenvalue weighted by Gasteiger charge is -2.65. The lowest BCUT2D eigenvalue weighted by atomic mass is 9.48. The monoisotopic (exact) mass is 228 g/mol. The van der Waals surface area contributed by atoms with Crippen LogP contribution in [0.1, 0.15) is 45.4 Å². The third-order valence-corrected chi connectivity index (χ3v) is 4.38. The molecule has 4 fully saturated rings. The molecule has 0 radical (unpaired) electrons. The van der Waals surface area contributed by atoms with E-state index in [2.05, 4.69) is 0 Å². The maximum absolute atomic E-state index is 10.4. The van der Waals surface area contributed by atoms with Gasteiger partial charge in [0.2, 0.25) is 0 Å². The van der Waals surface area contributed by atoms with E-state index < -0.39 is 22.4 Å². The minimum atomic E-state index is -0.937. The molecule has 0 amide bonds. The maximum Gasteiger partial charge on any atom is 0.0764 e. The summed E-state index contributed by atoms with van der Waals surface area (Å²) in [6.07, 6.45) is 2.82. The fourth-order valence-electron chi connectivity index (χ4n) is 4.85. The van der Waals surface area contributed by atoms with Crippen molar-refractivity contribution in [2.24, 2.45) is 0 Å². The average molecular weight is 228 g/mol. The molecule has 4 rings (SSSR count). The van der Waals surface area contributed by atoms with Crippen LogP contribution in [0.5, 0.6) is 0 Å². The van der Waals surface area contributed by atoms with E-state index in [9.17, 15) is 15.3 Å². The van der Waals surface area contributed by atoms with E-state index in [0.717, 1.165) is 0 Å². The molecular weight excluding hydrogens is 208 g/mol. The Morgan fingerprint density at radius 3 is 1.50 bits per heavy atom. The zero-order valence-electron chi connectivity index (χ0n) is 9.70. The molecule has 3 N–H and O–H groups in total. The van der Waals surface area contributed by atoms with E-state index in [1.165, 1.54) is 0 Å². The van der Waals surface area contributed by atoms with Crippen LogP contribution in [0.2, 0.25) is 0 Å². The maximum atomic E-state index is 10.4. The Morgan fingerprint density at radius 2 is 1.19 bits per heavy atom. The predicted molar refractivity (Wildman–Crippen MR) is 56.9 cm³/mol. The predicted octanol–water partition coefficient (Wildman–Crippen LogP) is 0.336. The van der Waals surface area contributed by atoms with Crippen LogP contribution in [0.25, 0.3) is 0 Å². The van der Waals surface area contributed by atoms with E-state index in [1.807, 2.05) is 6.92 Å². The number of ether oxygens (including phenoxy) is 1. The van der Waals surface area contributed by atoms with E-state index >= 15 is 0 Å². The molecule has 4 aliphatic carbocycles. The van der Waals surface area contributed by atoms with Crippen LogP contribution in [0.15, 0.2) is 0 Å². The molecule has 0 atom stereocenters. The highest BCUT2D eigenvalue weighted by atomic mass is 16.5. The molecule has 0 unspecified atom stereocenters. The smallest absolute Gasteiger partial charge is 0.0764 e. The van der Waals surface area contributed by atoms with Crippen LogP contribution < -0.4 is 0 Å². The summed E-state index contributed by atoms with van der Waals surface area (Å²) in [6.45, 7) is 2.47. The molecule has 0 heterocycles. The van der Waals surface area contributed by atoms with Crippen LogP contribution in [-0.4, -0.2) is 44.3 Å². The largest absolute Gasteiger partial charge is 0.390 e. The molecule has 0 aliphatic heterocycles. The summed E-state index contributed by atoms with van der Waals surface area (Å²) in [5, 5.41) is 31.3. The third-order valence-electron chi connectivity index (χ3n) is 4.38. The van der Waals surface area contributed by atoms with Gasteiger partial charge in [-0.1, -0.05) is 0 Å². The van der Waals surface area contributed by atoms with Crippen molar-refractivity contribution in [3.63, 3.8) is 0 Å². The Morgan fingerprint density at radius 1 is 0.812 bits per heavy atom. The van der Waals surface area contributed by atoms with Crippen molar-refractivity contribution in [1.82, 2.24) is 0 Å². The molecule has 92 valence electrons. The number of rotatable bonds is 2. The summed E-state index contributed by atoms with van der Waals surface area (Å²) in [7, 11) is 0. The second-order valence-electron chi connectivity index (χ2n) is 6.35. The molecule has 4 heteroatoms. The van der Waals surface area contributed by atoms with Crippen molar-refractivity contribution >= 4 is 0 Å². The Bertz CT molecular complexity index is 273. The van der Waals surface area contributed by atoms with Crippen molar-refractivity contribution < 1.29 is 20.1 Å². The van der Waals surface area contributed by atoms with Gasteiger partial charge in [-0.2, -0.15) is 0 Å². The van der Waals surface area contributed by atoms with Gasteiger partial charge < -0.3 is 20.1 Å². The van der Waals surface area contributed by atoms with Gasteiger partial charge in [-0.05, 0) is 6.92 Å². The first-order valence-corrected chi connectivity index (χ1v) is 6.11. The quantitative estimate of drug-likeness (QED) is 0.637. The summed E-state index contributed by atoms with van der Waals surface area (Å²) in [5.41, 5.74) is -3.32. The fourth-order valence-corrected chi connectivity index (χ4v) is 4.85. The number of hydrogen-bond acceptors (Lipinski definition) is 4. The highest BCUT2D eigenvalue weighted by Crippen LogP contribution is 2.61. The fraction of sp³-hybridized carbons (Fsp3) is 1.00. The van der Waals surface area contributed by atoms with E-state index in [1.54, 1.807) is 0 Å². The first kappa shape index (κ1) is 11.0. The first-order chi connectivity index (χ1) is 7.30. The lowest BCUT2D eigenvalue weighted by molar-refractivity contribution is -0.307. The van der Waals surface area contributed by atoms with Gasteiger partial charge >= 0.3 is 0 Å². The minimum Gasteiger partial charge on any atom is -0.390 e. The normalized spacial score (nSPS) is 59.2. The van der Waals surface area contributed by atoms with Gasteiger partial charge in [0.1, 0.15) is 0 Å². The van der Waals surface area contributed by atoms with E-state index in [0.29, 0.717) is 45.1 Å². The van der Waals surface area contributed by atoms with Crippen molar-refractivity contribution in [2.75, 3.05) is 6.61 Å². The third kappa shape index (κ3) is 1.44. The zero-order chi connectivity index (χ0) is 11.7. The van der Waals surface area contributed by atoms with Gasteiger partial charge in [0.05, 0.1) is 22.4 Å². The number of hydrogen-bond donors (Lipinski definition) is 3. The van der Waals surface area contributed by atoms with Gasteiger partial charge in [-0.3, -0.25) is 0 Å². The Labute approximate surface area is 95.2 Å². The Balaban J connectivity index is 2.00. The van der Waals surface area contributed by atoms with Gasteiger partial charge in [-0.25, -0.2) is 0 Å². The van der Waals surface area contributed by atoms with Crippen molar-refractivity contribution in [2.45, 2.75) is 67.9 Å². The van der Waals surface area contributed by atoms with Crippen LogP contribution >= 0.6 is 0 Å². The summed E-state index contributed by atoms with van der Waals surface area (Å²) in [4.78, 5) is 0. The topological polar surface area (TPSA) is 69.9 Å². The van der Waals surface area contributed by atoms with Crippen LogP contribution in [0.3, 0.4) is 0 Å². The summed E-state index contributed by atoms with van der Waals surface area (Å²) in [6, 6.07) is 0. The highest BCUT2D eigenvalue weighted by molar-refractivity contribution is 5.21. The minimum absolute atomic E-state index is 0.386. The molecular formula is C12H20O4. The molecule has 0 saturated heterocycles. The Hall–Kier alpha value is -0.160. The molecule has 4 aliphatic rings. The molecule has 4 bridgehead atoms. The van der Waals surface area contributed by atoms with E-state index in [4.69, 9.17) is 4.74 Å².